The van der Waals surface area contributed by atoms with Crippen LogP contribution in [-0.2, 0) is 25.5 Å². The van der Waals surface area contributed by atoms with Crippen LogP contribution >= 0.6 is 0 Å². The number of ether oxygens (including phenoxy) is 2. The first-order chi connectivity index (χ1) is 15.2. The van der Waals surface area contributed by atoms with Crippen molar-refractivity contribution in [1.82, 2.24) is 5.32 Å². The van der Waals surface area contributed by atoms with Gasteiger partial charge in [-0.3, -0.25) is 9.59 Å². The molecule has 182 valence electrons. The summed E-state index contributed by atoms with van der Waals surface area (Å²) in [7, 11) is -1.65. The predicted molar refractivity (Wildman–Crippen MR) is 97.6 cm³/mol. The minimum absolute atomic E-state index is 0.0385. The number of amides is 1. The highest BCUT2D eigenvalue weighted by atomic mass is 19.4. The fourth-order valence-electron chi connectivity index (χ4n) is 2.88. The number of rotatable bonds is 8. The van der Waals surface area contributed by atoms with Gasteiger partial charge in [0.1, 0.15) is 17.7 Å². The standard InChI is InChI=1S/C18H18BF6NO7/c20-17(21,22)6-2-5-13(27)26-12-7-10-3-1-4-11(15(10)33-19(12)30)16(29)32-9-31-14(28)8-18(23,24)25/h1,3-4,12,30H,2,5-9H2,(H,26,27)/t12-/m0/s1. The van der Waals surface area contributed by atoms with Crippen LogP contribution < -0.4 is 9.97 Å². The zero-order valence-corrected chi connectivity index (χ0v) is 16.8. The summed E-state index contributed by atoms with van der Waals surface area (Å²) in [6, 6.07) is 4.11. The maximum absolute atomic E-state index is 12.2. The Bertz CT molecular complexity index is 877. The van der Waals surface area contributed by atoms with Crippen LogP contribution in [0.2, 0.25) is 0 Å². The monoisotopic (exact) mass is 485 g/mol. The second kappa shape index (κ2) is 10.8. The largest absolute Gasteiger partial charge is 0.547 e. The topological polar surface area (TPSA) is 111 Å². The molecule has 1 aromatic rings. The SMILES string of the molecule is O=C(CCCC(F)(F)F)N[C@H]1Cc2cccc(C(=O)OCOC(=O)CC(F)(F)F)c2OB1O. The molecule has 0 radical (unpaired) electrons. The first-order valence-electron chi connectivity index (χ1n) is 9.47. The zero-order valence-electron chi connectivity index (χ0n) is 16.8. The summed E-state index contributed by atoms with van der Waals surface area (Å²) in [5, 5.41) is 12.5. The highest BCUT2D eigenvalue weighted by Gasteiger charge is 2.38. The van der Waals surface area contributed by atoms with Gasteiger partial charge in [0.05, 0.1) is 5.94 Å². The maximum Gasteiger partial charge on any atom is 0.547 e. The summed E-state index contributed by atoms with van der Waals surface area (Å²) in [6.07, 6.45) is -13.1. The number of fused-ring (bicyclic) bond motifs is 1. The molecule has 1 amide bonds. The van der Waals surface area contributed by atoms with Crippen molar-refractivity contribution in [2.75, 3.05) is 6.79 Å². The Morgan fingerprint density at radius 3 is 2.45 bits per heavy atom. The van der Waals surface area contributed by atoms with Crippen molar-refractivity contribution in [1.29, 1.82) is 0 Å². The minimum atomic E-state index is -4.78. The van der Waals surface area contributed by atoms with Gasteiger partial charge in [-0.05, 0) is 24.5 Å². The quantitative estimate of drug-likeness (QED) is 0.252. The van der Waals surface area contributed by atoms with Gasteiger partial charge in [0.2, 0.25) is 12.7 Å². The van der Waals surface area contributed by atoms with Crippen LogP contribution in [0.3, 0.4) is 0 Å². The molecule has 15 heteroatoms. The van der Waals surface area contributed by atoms with E-state index >= 15 is 0 Å². The average molecular weight is 485 g/mol. The number of alkyl halides is 6. The van der Waals surface area contributed by atoms with Crippen LogP contribution in [0.25, 0.3) is 0 Å². The molecule has 1 aliphatic rings. The predicted octanol–water partition coefficient (Wildman–Crippen LogP) is 2.47. The number of nitrogens with one attached hydrogen (secondary N) is 1. The van der Waals surface area contributed by atoms with E-state index in [1.807, 2.05) is 0 Å². The molecule has 0 saturated carbocycles. The molecule has 0 unspecified atom stereocenters. The molecule has 1 aliphatic heterocycles. The Hall–Kier alpha value is -2.97. The van der Waals surface area contributed by atoms with Crippen LogP contribution in [0.4, 0.5) is 26.3 Å². The lowest BCUT2D eigenvalue weighted by Crippen LogP contribution is -2.53. The van der Waals surface area contributed by atoms with Crippen LogP contribution in [-0.4, -0.2) is 55.1 Å². The molecule has 0 spiro atoms. The van der Waals surface area contributed by atoms with Gasteiger partial charge in [0, 0.05) is 12.8 Å². The second-order valence-corrected chi connectivity index (χ2v) is 7.01. The highest BCUT2D eigenvalue weighted by Crippen LogP contribution is 2.31. The molecule has 1 atom stereocenters. The van der Waals surface area contributed by atoms with Crippen LogP contribution in [0.1, 0.15) is 41.6 Å². The van der Waals surface area contributed by atoms with E-state index in [0.717, 1.165) is 0 Å². The van der Waals surface area contributed by atoms with Crippen molar-refractivity contribution in [3.05, 3.63) is 29.3 Å². The van der Waals surface area contributed by atoms with Crippen LogP contribution in [0, 0.1) is 0 Å². The van der Waals surface area contributed by atoms with E-state index < -0.39 is 75.7 Å². The summed E-state index contributed by atoms with van der Waals surface area (Å²) in [6.45, 7) is -1.09. The van der Waals surface area contributed by atoms with E-state index in [1.165, 1.54) is 18.2 Å². The van der Waals surface area contributed by atoms with E-state index in [1.54, 1.807) is 0 Å². The van der Waals surface area contributed by atoms with Crippen molar-refractivity contribution in [2.45, 2.75) is 50.4 Å². The first-order valence-corrected chi connectivity index (χ1v) is 9.47. The molecular formula is C18H18BF6NO7. The van der Waals surface area contributed by atoms with Gasteiger partial charge in [0.25, 0.3) is 0 Å². The van der Waals surface area contributed by atoms with Crippen molar-refractivity contribution in [3.63, 3.8) is 0 Å². The fraction of sp³-hybridized carbons (Fsp3) is 0.500. The van der Waals surface area contributed by atoms with Gasteiger partial charge < -0.3 is 24.5 Å². The molecule has 33 heavy (non-hydrogen) atoms. The Morgan fingerprint density at radius 1 is 1.12 bits per heavy atom. The Morgan fingerprint density at radius 2 is 1.82 bits per heavy atom. The number of halogens is 6. The number of esters is 2. The van der Waals surface area contributed by atoms with Gasteiger partial charge in [-0.15, -0.1) is 0 Å². The Labute approximate surface area is 183 Å². The summed E-state index contributed by atoms with van der Waals surface area (Å²) in [5.41, 5.74) is 0.109. The molecule has 0 aromatic heterocycles. The lowest BCUT2D eigenvalue weighted by molar-refractivity contribution is -0.177. The highest BCUT2D eigenvalue weighted by molar-refractivity contribution is 6.47. The van der Waals surface area contributed by atoms with Crippen molar-refractivity contribution < 1.29 is 59.9 Å². The molecule has 0 aliphatic carbocycles. The number of hydrogen-bond acceptors (Lipinski definition) is 7. The summed E-state index contributed by atoms with van der Waals surface area (Å²) < 4.78 is 86.8. The van der Waals surface area contributed by atoms with Gasteiger partial charge in [-0.2, -0.15) is 26.3 Å². The Balaban J connectivity index is 1.93. The third-order valence-electron chi connectivity index (χ3n) is 4.30. The molecule has 1 heterocycles. The van der Waals surface area contributed by atoms with Crippen molar-refractivity contribution in [3.8, 4) is 5.75 Å². The number of carbonyl (C=O) groups excluding carboxylic acids is 3. The molecule has 2 N–H and O–H groups in total. The van der Waals surface area contributed by atoms with Crippen LogP contribution in [0.15, 0.2) is 18.2 Å². The third-order valence-corrected chi connectivity index (χ3v) is 4.30. The normalized spacial score (nSPS) is 15.8. The molecular weight excluding hydrogens is 467 g/mol. The summed E-state index contributed by atoms with van der Waals surface area (Å²) in [5.74, 6) is -4.63. The van der Waals surface area contributed by atoms with Gasteiger partial charge >= 0.3 is 31.4 Å². The van der Waals surface area contributed by atoms with E-state index in [-0.39, 0.29) is 17.7 Å². The second-order valence-electron chi connectivity index (χ2n) is 7.01. The molecule has 1 aromatic carbocycles. The van der Waals surface area contributed by atoms with Crippen molar-refractivity contribution in [2.24, 2.45) is 0 Å². The molecule has 8 nitrogen and oxygen atoms in total. The van der Waals surface area contributed by atoms with E-state index in [0.29, 0.717) is 5.56 Å². The van der Waals surface area contributed by atoms with Gasteiger partial charge in [-0.25, -0.2) is 4.79 Å². The lowest BCUT2D eigenvalue weighted by Gasteiger charge is -2.29. The fourth-order valence-corrected chi connectivity index (χ4v) is 2.88. The van der Waals surface area contributed by atoms with Crippen LogP contribution in [0.5, 0.6) is 5.75 Å². The maximum atomic E-state index is 12.2. The van der Waals surface area contributed by atoms with E-state index in [4.69, 9.17) is 4.65 Å². The van der Waals surface area contributed by atoms with E-state index in [9.17, 15) is 45.8 Å². The number of para-hydroxylation sites is 1. The summed E-state index contributed by atoms with van der Waals surface area (Å²) >= 11 is 0. The van der Waals surface area contributed by atoms with Gasteiger partial charge in [0.15, 0.2) is 0 Å². The summed E-state index contributed by atoms with van der Waals surface area (Å²) in [4.78, 5) is 35.1. The van der Waals surface area contributed by atoms with Crippen molar-refractivity contribution >= 4 is 25.0 Å². The number of benzene rings is 1. The molecule has 2 rings (SSSR count). The minimum Gasteiger partial charge on any atom is -0.534 e. The lowest BCUT2D eigenvalue weighted by atomic mass is 9.72. The molecule has 0 saturated heterocycles. The average Bonchev–Trinajstić information content (AvgIpc) is 2.65. The third kappa shape index (κ3) is 8.83. The molecule has 0 fully saturated rings. The first kappa shape index (κ1) is 26.3. The smallest absolute Gasteiger partial charge is 0.534 e. The number of carbonyl (C=O) groups is 3. The number of hydrogen-bond donors (Lipinski definition) is 2. The zero-order chi connectivity index (χ0) is 24.8. The Kier molecular flexibility index (Phi) is 8.58. The molecule has 0 bridgehead atoms. The van der Waals surface area contributed by atoms with E-state index in [2.05, 4.69) is 14.8 Å². The van der Waals surface area contributed by atoms with Gasteiger partial charge in [-0.1, -0.05) is 12.1 Å².